The van der Waals surface area contributed by atoms with Crippen molar-refractivity contribution in [1.29, 1.82) is 0 Å². The highest BCUT2D eigenvalue weighted by atomic mass is 15.2. The maximum atomic E-state index is 3.79. The number of nitrogens with zero attached hydrogens (tertiary/aromatic N) is 1. The van der Waals surface area contributed by atoms with Gasteiger partial charge in [0.2, 0.25) is 0 Å². The van der Waals surface area contributed by atoms with E-state index in [2.05, 4.69) is 44.8 Å². The van der Waals surface area contributed by atoms with Crippen LogP contribution in [0.15, 0.2) is 0 Å². The molecule has 0 aromatic rings. The molecule has 18 heavy (non-hydrogen) atoms. The molecule has 4 unspecified atom stereocenters. The summed E-state index contributed by atoms with van der Waals surface area (Å²) in [4.78, 5) is 2.77. The summed E-state index contributed by atoms with van der Waals surface area (Å²) in [5, 5.41) is 3.79. The van der Waals surface area contributed by atoms with E-state index in [0.29, 0.717) is 6.04 Å². The molecule has 1 aliphatic rings. The number of nitrogens with one attached hydrogen (secondary N) is 1. The van der Waals surface area contributed by atoms with Crippen LogP contribution in [-0.4, -0.2) is 36.1 Å². The predicted octanol–water partition coefficient (Wildman–Crippen LogP) is 3.66. The molecule has 1 rings (SSSR count). The molecule has 1 aliphatic heterocycles. The first-order valence-electron chi connectivity index (χ1n) is 8.13. The fourth-order valence-electron chi connectivity index (χ4n) is 3.62. The Morgan fingerprint density at radius 3 is 2.33 bits per heavy atom. The Bertz CT molecular complexity index is 217. The van der Waals surface area contributed by atoms with E-state index in [-0.39, 0.29) is 0 Å². The van der Waals surface area contributed by atoms with Gasteiger partial charge in [-0.05, 0) is 45.1 Å². The fourth-order valence-corrected chi connectivity index (χ4v) is 3.62. The standard InChI is InChI=1S/C16H34N2/c1-6-9-15(17-10-7-2)16(8-3)18-12-13(4)11-14(18)5/h13-17H,6-12H2,1-5H3. The maximum Gasteiger partial charge on any atom is 0.0249 e. The van der Waals surface area contributed by atoms with Crippen LogP contribution in [0.3, 0.4) is 0 Å². The molecule has 4 atom stereocenters. The van der Waals surface area contributed by atoms with Crippen molar-refractivity contribution in [3.63, 3.8) is 0 Å². The van der Waals surface area contributed by atoms with Crippen molar-refractivity contribution in [3.05, 3.63) is 0 Å². The van der Waals surface area contributed by atoms with Gasteiger partial charge in [0.25, 0.3) is 0 Å². The molecular formula is C16H34N2. The summed E-state index contributed by atoms with van der Waals surface area (Å²) in [6, 6.07) is 2.19. The molecule has 0 spiro atoms. The zero-order valence-corrected chi connectivity index (χ0v) is 13.2. The number of likely N-dealkylation sites (tertiary alicyclic amines) is 1. The van der Waals surface area contributed by atoms with Gasteiger partial charge in [-0.2, -0.15) is 0 Å². The maximum absolute atomic E-state index is 3.79. The molecule has 0 aliphatic carbocycles. The summed E-state index contributed by atoms with van der Waals surface area (Å²) in [6.07, 6.45) is 6.50. The van der Waals surface area contributed by atoms with Gasteiger partial charge in [0.1, 0.15) is 0 Å². The third-order valence-electron chi connectivity index (χ3n) is 4.40. The molecule has 1 N–H and O–H groups in total. The smallest absolute Gasteiger partial charge is 0.0249 e. The lowest BCUT2D eigenvalue weighted by molar-refractivity contribution is 0.138. The lowest BCUT2D eigenvalue weighted by Crippen LogP contribution is -2.51. The molecule has 1 heterocycles. The van der Waals surface area contributed by atoms with Crippen molar-refractivity contribution >= 4 is 0 Å². The van der Waals surface area contributed by atoms with E-state index in [4.69, 9.17) is 0 Å². The van der Waals surface area contributed by atoms with Crippen molar-refractivity contribution in [2.75, 3.05) is 13.1 Å². The van der Waals surface area contributed by atoms with Gasteiger partial charge in [-0.25, -0.2) is 0 Å². The van der Waals surface area contributed by atoms with Crippen LogP contribution < -0.4 is 5.32 Å². The lowest BCUT2D eigenvalue weighted by atomic mass is 9.98. The van der Waals surface area contributed by atoms with E-state index < -0.39 is 0 Å². The number of hydrogen-bond acceptors (Lipinski definition) is 2. The van der Waals surface area contributed by atoms with Gasteiger partial charge in [0.05, 0.1) is 0 Å². The van der Waals surface area contributed by atoms with Crippen LogP contribution in [0.25, 0.3) is 0 Å². The van der Waals surface area contributed by atoms with E-state index in [1.165, 1.54) is 45.2 Å². The minimum atomic E-state index is 0.688. The molecule has 0 bridgehead atoms. The monoisotopic (exact) mass is 254 g/mol. The van der Waals surface area contributed by atoms with Gasteiger partial charge in [-0.15, -0.1) is 0 Å². The van der Waals surface area contributed by atoms with Gasteiger partial charge in [-0.3, -0.25) is 4.90 Å². The van der Waals surface area contributed by atoms with Crippen molar-refractivity contribution in [2.45, 2.75) is 84.8 Å². The van der Waals surface area contributed by atoms with Crippen molar-refractivity contribution in [3.8, 4) is 0 Å². The van der Waals surface area contributed by atoms with Crippen LogP contribution in [0.4, 0.5) is 0 Å². The highest BCUT2D eigenvalue weighted by Crippen LogP contribution is 2.28. The lowest BCUT2D eigenvalue weighted by Gasteiger charge is -2.37. The number of hydrogen-bond donors (Lipinski definition) is 1. The van der Waals surface area contributed by atoms with Crippen molar-refractivity contribution < 1.29 is 0 Å². The average Bonchev–Trinajstić information content (AvgIpc) is 2.66. The van der Waals surface area contributed by atoms with Gasteiger partial charge in [0, 0.05) is 24.7 Å². The molecule has 108 valence electrons. The van der Waals surface area contributed by atoms with Crippen LogP contribution in [-0.2, 0) is 0 Å². The quantitative estimate of drug-likeness (QED) is 0.711. The Kier molecular flexibility index (Phi) is 7.25. The molecule has 0 amide bonds. The Balaban J connectivity index is 2.64. The second-order valence-electron chi connectivity index (χ2n) is 6.21. The molecular weight excluding hydrogens is 220 g/mol. The first kappa shape index (κ1) is 16.0. The van der Waals surface area contributed by atoms with Gasteiger partial charge >= 0.3 is 0 Å². The third-order valence-corrected chi connectivity index (χ3v) is 4.40. The van der Waals surface area contributed by atoms with Crippen LogP contribution in [0.2, 0.25) is 0 Å². The summed E-state index contributed by atoms with van der Waals surface area (Å²) in [5.74, 6) is 0.877. The normalized spacial score (nSPS) is 28.5. The van der Waals surface area contributed by atoms with Gasteiger partial charge in [-0.1, -0.05) is 34.1 Å². The summed E-state index contributed by atoms with van der Waals surface area (Å²) < 4.78 is 0. The third kappa shape index (κ3) is 4.24. The van der Waals surface area contributed by atoms with E-state index in [1.807, 2.05) is 0 Å². The Morgan fingerprint density at radius 1 is 1.17 bits per heavy atom. The number of rotatable bonds is 8. The first-order valence-corrected chi connectivity index (χ1v) is 8.13. The van der Waals surface area contributed by atoms with E-state index in [1.54, 1.807) is 0 Å². The van der Waals surface area contributed by atoms with Crippen LogP contribution >= 0.6 is 0 Å². The Hall–Kier alpha value is -0.0800. The second kappa shape index (κ2) is 8.16. The molecule has 2 nitrogen and oxygen atoms in total. The summed E-state index contributed by atoms with van der Waals surface area (Å²) in [5.41, 5.74) is 0. The van der Waals surface area contributed by atoms with E-state index in [0.717, 1.165) is 18.0 Å². The van der Waals surface area contributed by atoms with Gasteiger partial charge < -0.3 is 5.32 Å². The molecule has 2 heteroatoms. The van der Waals surface area contributed by atoms with Crippen molar-refractivity contribution in [2.24, 2.45) is 5.92 Å². The van der Waals surface area contributed by atoms with Crippen LogP contribution in [0, 0.1) is 5.92 Å². The van der Waals surface area contributed by atoms with Gasteiger partial charge in [0.15, 0.2) is 0 Å². The zero-order chi connectivity index (χ0) is 13.5. The second-order valence-corrected chi connectivity index (χ2v) is 6.21. The molecule has 0 radical (unpaired) electrons. The minimum absolute atomic E-state index is 0.688. The fraction of sp³-hybridized carbons (Fsp3) is 1.00. The zero-order valence-electron chi connectivity index (χ0n) is 13.2. The molecule has 1 saturated heterocycles. The molecule has 0 aromatic carbocycles. The topological polar surface area (TPSA) is 15.3 Å². The van der Waals surface area contributed by atoms with Crippen LogP contribution in [0.1, 0.15) is 66.7 Å². The summed E-state index contributed by atoms with van der Waals surface area (Å²) in [6.45, 7) is 14.2. The molecule has 0 saturated carbocycles. The highest BCUT2D eigenvalue weighted by molar-refractivity contribution is 4.91. The molecule has 0 aromatic heterocycles. The Labute approximate surface area is 115 Å². The summed E-state index contributed by atoms with van der Waals surface area (Å²) in [7, 11) is 0. The first-order chi connectivity index (χ1) is 8.63. The largest absolute Gasteiger partial charge is 0.312 e. The average molecular weight is 254 g/mol. The minimum Gasteiger partial charge on any atom is -0.312 e. The molecule has 1 fully saturated rings. The van der Waals surface area contributed by atoms with Crippen molar-refractivity contribution in [1.82, 2.24) is 10.2 Å². The van der Waals surface area contributed by atoms with Crippen LogP contribution in [0.5, 0.6) is 0 Å². The predicted molar refractivity (Wildman–Crippen MR) is 81.0 cm³/mol. The Morgan fingerprint density at radius 2 is 1.89 bits per heavy atom. The van der Waals surface area contributed by atoms with E-state index in [9.17, 15) is 0 Å². The highest BCUT2D eigenvalue weighted by Gasteiger charge is 2.34. The SMILES string of the molecule is CCCNC(CCC)C(CC)N1CC(C)CC1C. The van der Waals surface area contributed by atoms with E-state index >= 15 is 0 Å². The summed E-state index contributed by atoms with van der Waals surface area (Å²) >= 11 is 0.